The molecule has 1 unspecified atom stereocenters. The van der Waals surface area contributed by atoms with E-state index in [1.54, 1.807) is 6.92 Å². The standard InChI is InChI=1S/C14H19BrN2O/c1-14(16,11-4-6-12(15)7-5-11)13(18)17-9-8-10-2-3-10/h4-7,10H,2-3,8-9,16H2,1H3,(H,17,18). The molecule has 3 nitrogen and oxygen atoms in total. The first kappa shape index (κ1) is 13.6. The van der Waals surface area contributed by atoms with Crippen LogP contribution in [-0.2, 0) is 10.3 Å². The van der Waals surface area contributed by atoms with Gasteiger partial charge in [-0.3, -0.25) is 4.79 Å². The summed E-state index contributed by atoms with van der Waals surface area (Å²) in [5.41, 5.74) is 6.00. The van der Waals surface area contributed by atoms with Gasteiger partial charge in [-0.1, -0.05) is 40.9 Å². The molecule has 1 aliphatic carbocycles. The van der Waals surface area contributed by atoms with E-state index in [4.69, 9.17) is 5.73 Å². The van der Waals surface area contributed by atoms with Crippen LogP contribution >= 0.6 is 15.9 Å². The monoisotopic (exact) mass is 310 g/mol. The molecular formula is C14H19BrN2O. The summed E-state index contributed by atoms with van der Waals surface area (Å²) in [5.74, 6) is 0.715. The highest BCUT2D eigenvalue weighted by Crippen LogP contribution is 2.31. The van der Waals surface area contributed by atoms with Crippen LogP contribution in [0.2, 0.25) is 0 Å². The molecule has 0 aromatic heterocycles. The molecule has 3 N–H and O–H groups in total. The summed E-state index contributed by atoms with van der Waals surface area (Å²) in [6.45, 7) is 2.48. The number of halogens is 1. The predicted molar refractivity (Wildman–Crippen MR) is 76.0 cm³/mol. The second-order valence-corrected chi connectivity index (χ2v) is 6.11. The van der Waals surface area contributed by atoms with Crippen molar-refractivity contribution in [2.45, 2.75) is 31.7 Å². The van der Waals surface area contributed by atoms with Crippen LogP contribution in [0.5, 0.6) is 0 Å². The summed E-state index contributed by atoms with van der Waals surface area (Å²) in [6, 6.07) is 7.56. The maximum atomic E-state index is 12.1. The smallest absolute Gasteiger partial charge is 0.244 e. The Morgan fingerprint density at radius 3 is 2.61 bits per heavy atom. The molecule has 4 heteroatoms. The predicted octanol–water partition coefficient (Wildman–Crippen LogP) is 2.54. The van der Waals surface area contributed by atoms with Gasteiger partial charge in [-0.15, -0.1) is 0 Å². The van der Waals surface area contributed by atoms with Gasteiger partial charge in [0.05, 0.1) is 0 Å². The third-order valence-electron chi connectivity index (χ3n) is 3.45. The van der Waals surface area contributed by atoms with Crippen molar-refractivity contribution in [3.63, 3.8) is 0 Å². The maximum Gasteiger partial charge on any atom is 0.244 e. The summed E-state index contributed by atoms with van der Waals surface area (Å²) in [6.07, 6.45) is 3.69. The van der Waals surface area contributed by atoms with E-state index in [2.05, 4.69) is 21.2 Å². The first-order valence-corrected chi connectivity index (χ1v) is 7.12. The second kappa shape index (κ2) is 5.41. The summed E-state index contributed by atoms with van der Waals surface area (Å²) < 4.78 is 0.983. The Labute approximate surface area is 116 Å². The summed E-state index contributed by atoms with van der Waals surface area (Å²) in [4.78, 5) is 12.1. The summed E-state index contributed by atoms with van der Waals surface area (Å²) in [7, 11) is 0. The average Bonchev–Trinajstić information content (AvgIpc) is 3.13. The molecule has 98 valence electrons. The number of nitrogens with two attached hydrogens (primary N) is 1. The Hall–Kier alpha value is -0.870. The lowest BCUT2D eigenvalue weighted by Gasteiger charge is -2.24. The normalized spacial score (nSPS) is 18.2. The van der Waals surface area contributed by atoms with Gasteiger partial charge in [0.2, 0.25) is 5.91 Å². The van der Waals surface area contributed by atoms with Crippen molar-refractivity contribution in [2.24, 2.45) is 11.7 Å². The molecule has 0 bridgehead atoms. The first-order chi connectivity index (χ1) is 8.50. The van der Waals surface area contributed by atoms with E-state index in [-0.39, 0.29) is 5.91 Å². The lowest BCUT2D eigenvalue weighted by atomic mass is 9.92. The molecule has 1 atom stereocenters. The zero-order chi connectivity index (χ0) is 13.2. The fraction of sp³-hybridized carbons (Fsp3) is 0.500. The Balaban J connectivity index is 1.94. The van der Waals surface area contributed by atoms with E-state index >= 15 is 0 Å². The van der Waals surface area contributed by atoms with E-state index in [0.29, 0.717) is 0 Å². The molecule has 1 saturated carbocycles. The molecule has 1 fully saturated rings. The SMILES string of the molecule is CC(N)(C(=O)NCCC1CC1)c1ccc(Br)cc1. The van der Waals surface area contributed by atoms with E-state index < -0.39 is 5.54 Å². The Morgan fingerprint density at radius 1 is 1.44 bits per heavy atom. The van der Waals surface area contributed by atoms with Crippen LogP contribution in [0.25, 0.3) is 0 Å². The molecule has 0 spiro atoms. The summed E-state index contributed by atoms with van der Waals surface area (Å²) in [5, 5.41) is 2.93. The van der Waals surface area contributed by atoms with Crippen molar-refractivity contribution >= 4 is 21.8 Å². The van der Waals surface area contributed by atoms with Gasteiger partial charge in [0, 0.05) is 11.0 Å². The summed E-state index contributed by atoms with van der Waals surface area (Å²) >= 11 is 3.37. The van der Waals surface area contributed by atoms with Gasteiger partial charge >= 0.3 is 0 Å². The zero-order valence-corrected chi connectivity index (χ0v) is 12.2. The first-order valence-electron chi connectivity index (χ1n) is 6.33. The minimum Gasteiger partial charge on any atom is -0.354 e. The topological polar surface area (TPSA) is 55.1 Å². The zero-order valence-electron chi connectivity index (χ0n) is 10.6. The van der Waals surface area contributed by atoms with Crippen molar-refractivity contribution in [1.82, 2.24) is 5.32 Å². The van der Waals surface area contributed by atoms with Gasteiger partial charge in [-0.05, 0) is 37.0 Å². The van der Waals surface area contributed by atoms with Crippen molar-refractivity contribution < 1.29 is 4.79 Å². The van der Waals surface area contributed by atoms with Crippen molar-refractivity contribution in [2.75, 3.05) is 6.54 Å². The van der Waals surface area contributed by atoms with E-state index in [1.165, 1.54) is 12.8 Å². The molecule has 1 aliphatic rings. The molecule has 0 heterocycles. The van der Waals surface area contributed by atoms with Crippen LogP contribution in [0.3, 0.4) is 0 Å². The average molecular weight is 311 g/mol. The fourth-order valence-corrected chi connectivity index (χ4v) is 2.17. The highest BCUT2D eigenvalue weighted by molar-refractivity contribution is 9.10. The fourth-order valence-electron chi connectivity index (χ4n) is 1.91. The molecule has 0 radical (unpaired) electrons. The van der Waals surface area contributed by atoms with Gasteiger partial charge in [0.15, 0.2) is 0 Å². The van der Waals surface area contributed by atoms with E-state index in [9.17, 15) is 4.79 Å². The Kier molecular flexibility index (Phi) is 4.07. The van der Waals surface area contributed by atoms with Gasteiger partial charge in [-0.25, -0.2) is 0 Å². The van der Waals surface area contributed by atoms with Gasteiger partial charge in [0.25, 0.3) is 0 Å². The minimum atomic E-state index is -0.968. The van der Waals surface area contributed by atoms with Gasteiger partial charge in [-0.2, -0.15) is 0 Å². The number of carbonyl (C=O) groups excluding carboxylic acids is 1. The van der Waals surface area contributed by atoms with Crippen LogP contribution in [-0.4, -0.2) is 12.5 Å². The number of carbonyl (C=O) groups is 1. The third-order valence-corrected chi connectivity index (χ3v) is 3.98. The number of hydrogen-bond acceptors (Lipinski definition) is 2. The van der Waals surface area contributed by atoms with Crippen LogP contribution in [0.15, 0.2) is 28.7 Å². The number of amides is 1. The minimum absolute atomic E-state index is 0.106. The van der Waals surface area contributed by atoms with Crippen molar-refractivity contribution in [1.29, 1.82) is 0 Å². The van der Waals surface area contributed by atoms with Crippen LogP contribution < -0.4 is 11.1 Å². The maximum absolute atomic E-state index is 12.1. The third kappa shape index (κ3) is 3.33. The van der Waals surface area contributed by atoms with Gasteiger partial charge in [0.1, 0.15) is 5.54 Å². The van der Waals surface area contributed by atoms with E-state index in [1.807, 2.05) is 24.3 Å². The molecular weight excluding hydrogens is 292 g/mol. The highest BCUT2D eigenvalue weighted by atomic mass is 79.9. The van der Waals surface area contributed by atoms with Crippen molar-refractivity contribution in [3.05, 3.63) is 34.3 Å². The molecule has 1 amide bonds. The number of benzene rings is 1. The van der Waals surface area contributed by atoms with Crippen molar-refractivity contribution in [3.8, 4) is 0 Å². The van der Waals surface area contributed by atoms with Crippen LogP contribution in [0.4, 0.5) is 0 Å². The second-order valence-electron chi connectivity index (χ2n) is 5.20. The lowest BCUT2D eigenvalue weighted by Crippen LogP contribution is -2.49. The highest BCUT2D eigenvalue weighted by Gasteiger charge is 2.30. The quantitative estimate of drug-likeness (QED) is 0.878. The molecule has 0 saturated heterocycles. The Bertz CT molecular complexity index is 424. The van der Waals surface area contributed by atoms with Crippen LogP contribution in [0, 0.1) is 5.92 Å². The molecule has 0 aliphatic heterocycles. The number of nitrogens with one attached hydrogen (secondary N) is 1. The van der Waals surface area contributed by atoms with E-state index in [0.717, 1.165) is 28.9 Å². The largest absolute Gasteiger partial charge is 0.354 e. The molecule has 18 heavy (non-hydrogen) atoms. The molecule has 2 rings (SSSR count). The number of hydrogen-bond donors (Lipinski definition) is 2. The van der Waals surface area contributed by atoms with Crippen LogP contribution in [0.1, 0.15) is 31.7 Å². The number of rotatable bonds is 5. The molecule has 1 aromatic carbocycles. The van der Waals surface area contributed by atoms with Gasteiger partial charge < -0.3 is 11.1 Å². The lowest BCUT2D eigenvalue weighted by molar-refractivity contribution is -0.126. The molecule has 1 aromatic rings. The Morgan fingerprint density at radius 2 is 2.06 bits per heavy atom.